The first-order valence-electron chi connectivity index (χ1n) is 5.30. The maximum atomic E-state index is 5.73. The fraction of sp³-hybridized carbons (Fsp3) is 0.500. The average Bonchev–Trinajstić information content (AvgIpc) is 2.26. The Balaban J connectivity index is 2.38. The van der Waals surface area contributed by atoms with E-state index in [2.05, 4.69) is 52.4 Å². The van der Waals surface area contributed by atoms with E-state index in [0.717, 1.165) is 29.7 Å². The number of hydrogen-bond acceptors (Lipinski definition) is 1. The lowest BCUT2D eigenvalue weighted by Crippen LogP contribution is -2.28. The van der Waals surface area contributed by atoms with Gasteiger partial charge in [0.05, 0.1) is 0 Å². The summed E-state index contributed by atoms with van der Waals surface area (Å²) in [6.07, 6.45) is 2.16. The summed E-state index contributed by atoms with van der Waals surface area (Å²) in [5.74, 6) is 0.728. The minimum Gasteiger partial charge on any atom is -0.310 e. The van der Waals surface area contributed by atoms with E-state index < -0.39 is 0 Å². The number of nitrogens with one attached hydrogen (secondary N) is 1. The van der Waals surface area contributed by atoms with Crippen LogP contribution in [0.2, 0.25) is 0 Å². The maximum absolute atomic E-state index is 5.73. The Kier molecular flexibility index (Phi) is 6.30. The lowest BCUT2D eigenvalue weighted by atomic mass is 10.1. The Morgan fingerprint density at radius 1 is 1.33 bits per heavy atom. The third kappa shape index (κ3) is 5.01. The average molecular weight is 291 g/mol. The molecule has 0 heterocycles. The molecule has 1 nitrogen and oxygen atoms in total. The third-order valence-electron chi connectivity index (χ3n) is 2.46. The second-order valence-corrected chi connectivity index (χ2v) is 4.88. The van der Waals surface area contributed by atoms with Gasteiger partial charge in [0.2, 0.25) is 0 Å². The molecule has 0 fully saturated rings. The van der Waals surface area contributed by atoms with Gasteiger partial charge in [-0.1, -0.05) is 35.0 Å². The van der Waals surface area contributed by atoms with Crippen LogP contribution in [-0.2, 0) is 6.54 Å². The van der Waals surface area contributed by atoms with Crippen molar-refractivity contribution in [2.75, 3.05) is 5.88 Å². The fourth-order valence-corrected chi connectivity index (χ4v) is 1.97. The monoisotopic (exact) mass is 289 g/mol. The summed E-state index contributed by atoms with van der Waals surface area (Å²) in [5.41, 5.74) is 1.31. The molecule has 15 heavy (non-hydrogen) atoms. The number of rotatable bonds is 6. The van der Waals surface area contributed by atoms with Gasteiger partial charge in [-0.3, -0.25) is 0 Å². The molecule has 1 aromatic carbocycles. The van der Waals surface area contributed by atoms with Crippen molar-refractivity contribution in [2.24, 2.45) is 0 Å². The van der Waals surface area contributed by atoms with E-state index in [4.69, 9.17) is 11.6 Å². The standard InChI is InChI=1S/C12H17BrClN/c1-2-12(7-8-14)15-9-10-3-5-11(13)6-4-10/h3-6,12,15H,2,7-9H2,1H3. The summed E-state index contributed by atoms with van der Waals surface area (Å²) in [4.78, 5) is 0. The molecule has 0 aliphatic rings. The van der Waals surface area contributed by atoms with E-state index in [1.54, 1.807) is 0 Å². The summed E-state index contributed by atoms with van der Waals surface area (Å²) in [7, 11) is 0. The van der Waals surface area contributed by atoms with E-state index in [-0.39, 0.29) is 0 Å². The first-order valence-corrected chi connectivity index (χ1v) is 6.62. The van der Waals surface area contributed by atoms with Crippen molar-refractivity contribution in [3.63, 3.8) is 0 Å². The third-order valence-corrected chi connectivity index (χ3v) is 3.21. The topological polar surface area (TPSA) is 12.0 Å². The van der Waals surface area contributed by atoms with Gasteiger partial charge in [-0.25, -0.2) is 0 Å². The first kappa shape index (κ1) is 13.0. The van der Waals surface area contributed by atoms with Crippen molar-refractivity contribution >= 4 is 27.5 Å². The van der Waals surface area contributed by atoms with Crippen LogP contribution in [-0.4, -0.2) is 11.9 Å². The Labute approximate surface area is 105 Å². The maximum Gasteiger partial charge on any atom is 0.0238 e. The summed E-state index contributed by atoms with van der Waals surface area (Å²) < 4.78 is 1.12. The molecule has 0 spiro atoms. The van der Waals surface area contributed by atoms with E-state index >= 15 is 0 Å². The molecule has 0 saturated carbocycles. The minimum atomic E-state index is 0.533. The number of hydrogen-bond donors (Lipinski definition) is 1. The first-order chi connectivity index (χ1) is 7.26. The molecular formula is C12H17BrClN. The SMILES string of the molecule is CCC(CCCl)NCc1ccc(Br)cc1. The molecule has 1 rings (SSSR count). The second kappa shape index (κ2) is 7.26. The Morgan fingerprint density at radius 2 is 2.00 bits per heavy atom. The molecule has 0 aliphatic heterocycles. The van der Waals surface area contributed by atoms with Gasteiger partial charge in [0.25, 0.3) is 0 Å². The van der Waals surface area contributed by atoms with Gasteiger partial charge < -0.3 is 5.32 Å². The molecule has 0 bridgehead atoms. The van der Waals surface area contributed by atoms with Crippen LogP contribution in [0.4, 0.5) is 0 Å². The van der Waals surface area contributed by atoms with Crippen molar-refractivity contribution in [1.82, 2.24) is 5.32 Å². The Hall–Kier alpha value is -0.0500. The van der Waals surface area contributed by atoms with E-state index in [0.29, 0.717) is 6.04 Å². The van der Waals surface area contributed by atoms with Crippen molar-refractivity contribution in [3.05, 3.63) is 34.3 Å². The van der Waals surface area contributed by atoms with E-state index in [1.807, 2.05) is 0 Å². The van der Waals surface area contributed by atoms with Gasteiger partial charge in [0.15, 0.2) is 0 Å². The van der Waals surface area contributed by atoms with Crippen LogP contribution in [0.15, 0.2) is 28.7 Å². The van der Waals surface area contributed by atoms with Crippen molar-refractivity contribution in [2.45, 2.75) is 32.4 Å². The molecule has 1 N–H and O–H groups in total. The molecule has 0 saturated heterocycles. The predicted octanol–water partition coefficient (Wildman–Crippen LogP) is 3.95. The molecule has 0 amide bonds. The van der Waals surface area contributed by atoms with Gasteiger partial charge in [0.1, 0.15) is 0 Å². The normalized spacial score (nSPS) is 12.7. The fourth-order valence-electron chi connectivity index (χ4n) is 1.45. The van der Waals surface area contributed by atoms with Gasteiger partial charge in [-0.05, 0) is 30.5 Å². The number of benzene rings is 1. The van der Waals surface area contributed by atoms with Crippen LogP contribution < -0.4 is 5.32 Å². The molecule has 1 unspecified atom stereocenters. The quantitative estimate of drug-likeness (QED) is 0.782. The zero-order valence-corrected chi connectivity index (χ0v) is 11.3. The minimum absolute atomic E-state index is 0.533. The van der Waals surface area contributed by atoms with Gasteiger partial charge in [0, 0.05) is 22.9 Å². The number of alkyl halides is 1. The summed E-state index contributed by atoms with van der Waals surface area (Å²) in [6.45, 7) is 3.11. The Bertz CT molecular complexity index is 273. The second-order valence-electron chi connectivity index (χ2n) is 3.59. The molecular weight excluding hydrogens is 273 g/mol. The highest BCUT2D eigenvalue weighted by atomic mass is 79.9. The molecule has 1 atom stereocenters. The van der Waals surface area contributed by atoms with Crippen LogP contribution >= 0.6 is 27.5 Å². The van der Waals surface area contributed by atoms with E-state index in [1.165, 1.54) is 5.56 Å². The van der Waals surface area contributed by atoms with Gasteiger partial charge >= 0.3 is 0 Å². The molecule has 1 aromatic rings. The lowest BCUT2D eigenvalue weighted by Gasteiger charge is -2.15. The zero-order valence-electron chi connectivity index (χ0n) is 8.97. The summed E-state index contributed by atoms with van der Waals surface area (Å²) in [6, 6.07) is 8.93. The van der Waals surface area contributed by atoms with Crippen LogP contribution in [0.25, 0.3) is 0 Å². The molecule has 0 radical (unpaired) electrons. The van der Waals surface area contributed by atoms with Crippen molar-refractivity contribution in [1.29, 1.82) is 0 Å². The van der Waals surface area contributed by atoms with Gasteiger partial charge in [-0.15, -0.1) is 11.6 Å². The highest BCUT2D eigenvalue weighted by molar-refractivity contribution is 9.10. The molecule has 0 aromatic heterocycles. The number of halogens is 2. The molecule has 84 valence electrons. The van der Waals surface area contributed by atoms with Crippen LogP contribution in [0, 0.1) is 0 Å². The van der Waals surface area contributed by atoms with Crippen LogP contribution in [0.5, 0.6) is 0 Å². The Morgan fingerprint density at radius 3 is 2.53 bits per heavy atom. The van der Waals surface area contributed by atoms with Gasteiger partial charge in [-0.2, -0.15) is 0 Å². The largest absolute Gasteiger partial charge is 0.310 e. The van der Waals surface area contributed by atoms with Crippen molar-refractivity contribution in [3.8, 4) is 0 Å². The summed E-state index contributed by atoms with van der Waals surface area (Å²) >= 11 is 9.16. The molecule has 3 heteroatoms. The van der Waals surface area contributed by atoms with Crippen LogP contribution in [0.1, 0.15) is 25.3 Å². The van der Waals surface area contributed by atoms with E-state index in [9.17, 15) is 0 Å². The van der Waals surface area contributed by atoms with Crippen molar-refractivity contribution < 1.29 is 0 Å². The highest BCUT2D eigenvalue weighted by Crippen LogP contribution is 2.10. The van der Waals surface area contributed by atoms with Crippen LogP contribution in [0.3, 0.4) is 0 Å². The lowest BCUT2D eigenvalue weighted by molar-refractivity contribution is 0.486. The zero-order chi connectivity index (χ0) is 11.1. The highest BCUT2D eigenvalue weighted by Gasteiger charge is 2.03. The summed E-state index contributed by atoms with van der Waals surface area (Å²) in [5, 5.41) is 3.51. The smallest absolute Gasteiger partial charge is 0.0238 e. The predicted molar refractivity (Wildman–Crippen MR) is 70.4 cm³/mol. The molecule has 0 aliphatic carbocycles.